The summed E-state index contributed by atoms with van der Waals surface area (Å²) in [5.74, 6) is 1.76. The number of hydrazine groups is 1. The Bertz CT molecular complexity index is 781. The summed E-state index contributed by atoms with van der Waals surface area (Å²) < 4.78 is 5.29. The van der Waals surface area contributed by atoms with Gasteiger partial charge >= 0.3 is 0 Å². The van der Waals surface area contributed by atoms with E-state index >= 15 is 0 Å². The van der Waals surface area contributed by atoms with Crippen LogP contribution in [0.2, 0.25) is 0 Å². The van der Waals surface area contributed by atoms with Crippen molar-refractivity contribution >= 4 is 5.91 Å². The molecule has 2 N–H and O–H groups in total. The molecular formula is C22H30N4O2. The van der Waals surface area contributed by atoms with E-state index in [-0.39, 0.29) is 11.8 Å². The zero-order valence-electron chi connectivity index (χ0n) is 16.7. The molecule has 2 unspecified atom stereocenters. The molecule has 0 saturated carbocycles. The SMILES string of the molecule is CC(C)c1cc(C(=O)N2CCC(C3NNCC3Cc3ccccc3)CC2)on1. The second-order valence-electron chi connectivity index (χ2n) is 8.40. The van der Waals surface area contributed by atoms with Crippen molar-refractivity contribution in [2.45, 2.75) is 45.1 Å². The molecule has 0 radical (unpaired) electrons. The van der Waals surface area contributed by atoms with E-state index in [1.165, 1.54) is 5.56 Å². The predicted octanol–water partition coefficient (Wildman–Crippen LogP) is 2.99. The number of rotatable bonds is 5. The number of carbonyl (C=O) groups is 1. The van der Waals surface area contributed by atoms with Gasteiger partial charge in [0, 0.05) is 31.7 Å². The normalized spacial score (nSPS) is 23.5. The van der Waals surface area contributed by atoms with E-state index in [1.54, 1.807) is 6.07 Å². The minimum Gasteiger partial charge on any atom is -0.351 e. The van der Waals surface area contributed by atoms with Gasteiger partial charge in [-0.15, -0.1) is 0 Å². The van der Waals surface area contributed by atoms with E-state index in [9.17, 15) is 4.79 Å². The highest BCUT2D eigenvalue weighted by Crippen LogP contribution is 2.29. The van der Waals surface area contributed by atoms with Gasteiger partial charge in [0.2, 0.25) is 5.76 Å². The Hall–Kier alpha value is -2.18. The maximum atomic E-state index is 12.7. The van der Waals surface area contributed by atoms with E-state index < -0.39 is 0 Å². The van der Waals surface area contributed by atoms with Gasteiger partial charge in [0.15, 0.2) is 0 Å². The minimum absolute atomic E-state index is 0.0313. The topological polar surface area (TPSA) is 70.4 Å². The zero-order chi connectivity index (χ0) is 19.5. The zero-order valence-corrected chi connectivity index (χ0v) is 16.7. The number of hydrogen-bond donors (Lipinski definition) is 2. The largest absolute Gasteiger partial charge is 0.351 e. The highest BCUT2D eigenvalue weighted by Gasteiger charge is 2.36. The van der Waals surface area contributed by atoms with Crippen LogP contribution in [0.15, 0.2) is 40.9 Å². The lowest BCUT2D eigenvalue weighted by Crippen LogP contribution is -2.46. The number of aromatic nitrogens is 1. The van der Waals surface area contributed by atoms with Crippen LogP contribution in [0.4, 0.5) is 0 Å². The fourth-order valence-corrected chi connectivity index (χ4v) is 4.45. The number of nitrogens with zero attached hydrogens (tertiary/aromatic N) is 2. The van der Waals surface area contributed by atoms with Crippen LogP contribution in [0.3, 0.4) is 0 Å². The summed E-state index contributed by atoms with van der Waals surface area (Å²) in [5, 5.41) is 4.02. The first-order valence-electron chi connectivity index (χ1n) is 10.4. The smallest absolute Gasteiger partial charge is 0.292 e. The number of benzene rings is 1. The van der Waals surface area contributed by atoms with E-state index in [0.29, 0.717) is 23.6 Å². The van der Waals surface area contributed by atoms with Crippen molar-refractivity contribution in [1.82, 2.24) is 20.9 Å². The van der Waals surface area contributed by atoms with E-state index in [4.69, 9.17) is 4.52 Å². The van der Waals surface area contributed by atoms with Gasteiger partial charge in [-0.2, -0.15) is 0 Å². The van der Waals surface area contributed by atoms with Crippen LogP contribution in [0, 0.1) is 11.8 Å². The molecule has 2 fully saturated rings. The van der Waals surface area contributed by atoms with Crippen molar-refractivity contribution in [1.29, 1.82) is 0 Å². The lowest BCUT2D eigenvalue weighted by molar-refractivity contribution is 0.0622. The van der Waals surface area contributed by atoms with Gasteiger partial charge in [0.05, 0.1) is 5.69 Å². The molecule has 1 aromatic heterocycles. The maximum absolute atomic E-state index is 12.7. The average molecular weight is 383 g/mol. The predicted molar refractivity (Wildman–Crippen MR) is 108 cm³/mol. The number of likely N-dealkylation sites (tertiary alicyclic amines) is 1. The molecule has 1 amide bonds. The second kappa shape index (κ2) is 8.45. The Morgan fingerprint density at radius 2 is 2.00 bits per heavy atom. The molecule has 6 nitrogen and oxygen atoms in total. The van der Waals surface area contributed by atoms with E-state index in [1.807, 2.05) is 18.7 Å². The maximum Gasteiger partial charge on any atom is 0.292 e. The van der Waals surface area contributed by atoms with Crippen molar-refractivity contribution < 1.29 is 9.32 Å². The summed E-state index contributed by atoms with van der Waals surface area (Å²) in [4.78, 5) is 14.6. The third kappa shape index (κ3) is 4.13. The molecule has 0 aliphatic carbocycles. The van der Waals surface area contributed by atoms with Gasteiger partial charge in [0.1, 0.15) is 0 Å². The van der Waals surface area contributed by atoms with Gasteiger partial charge < -0.3 is 9.42 Å². The van der Waals surface area contributed by atoms with Crippen LogP contribution < -0.4 is 10.9 Å². The van der Waals surface area contributed by atoms with Crippen LogP contribution in [-0.4, -0.2) is 41.6 Å². The molecule has 150 valence electrons. The molecule has 6 heteroatoms. The molecule has 2 aliphatic heterocycles. The Balaban J connectivity index is 1.33. The van der Waals surface area contributed by atoms with Gasteiger partial charge in [-0.05, 0) is 42.6 Å². The van der Waals surface area contributed by atoms with Crippen LogP contribution in [0.5, 0.6) is 0 Å². The standard InChI is InChI=1S/C22H30N4O2/c1-15(2)19-13-20(28-25-19)22(27)26-10-8-17(9-11-26)21-18(14-23-24-21)12-16-6-4-3-5-7-16/h3-7,13,15,17-18,21,23-24H,8-12,14H2,1-2H3. The molecule has 28 heavy (non-hydrogen) atoms. The molecule has 2 saturated heterocycles. The number of hydrogen-bond acceptors (Lipinski definition) is 5. The Labute approximate surface area is 166 Å². The fourth-order valence-electron chi connectivity index (χ4n) is 4.45. The van der Waals surface area contributed by atoms with Gasteiger partial charge in [-0.3, -0.25) is 15.6 Å². The second-order valence-corrected chi connectivity index (χ2v) is 8.40. The van der Waals surface area contributed by atoms with Crippen LogP contribution in [0.25, 0.3) is 0 Å². The van der Waals surface area contributed by atoms with Gasteiger partial charge in [-0.25, -0.2) is 0 Å². The first-order valence-corrected chi connectivity index (χ1v) is 10.4. The number of nitrogens with one attached hydrogen (secondary N) is 2. The monoisotopic (exact) mass is 382 g/mol. The first-order chi connectivity index (χ1) is 13.6. The quantitative estimate of drug-likeness (QED) is 0.832. The molecule has 0 spiro atoms. The van der Waals surface area contributed by atoms with Crippen LogP contribution in [0.1, 0.15) is 54.4 Å². The van der Waals surface area contributed by atoms with Crippen molar-refractivity contribution in [3.63, 3.8) is 0 Å². The molecular weight excluding hydrogens is 352 g/mol. The number of piperidine rings is 1. The molecule has 2 aliphatic rings. The molecule has 1 aromatic carbocycles. The lowest BCUT2D eigenvalue weighted by atomic mass is 9.81. The van der Waals surface area contributed by atoms with Crippen molar-refractivity contribution in [2.75, 3.05) is 19.6 Å². The van der Waals surface area contributed by atoms with Crippen LogP contribution in [-0.2, 0) is 6.42 Å². The van der Waals surface area contributed by atoms with Crippen molar-refractivity contribution in [3.8, 4) is 0 Å². The van der Waals surface area contributed by atoms with Gasteiger partial charge in [0.25, 0.3) is 5.91 Å². The number of amides is 1. The average Bonchev–Trinajstić information content (AvgIpc) is 3.38. The Morgan fingerprint density at radius 3 is 2.68 bits per heavy atom. The third-order valence-electron chi connectivity index (χ3n) is 6.15. The molecule has 2 atom stereocenters. The summed E-state index contributed by atoms with van der Waals surface area (Å²) in [6, 6.07) is 12.9. The van der Waals surface area contributed by atoms with Crippen molar-refractivity contribution in [2.24, 2.45) is 11.8 Å². The molecule has 4 rings (SSSR count). The Kier molecular flexibility index (Phi) is 5.78. The van der Waals surface area contributed by atoms with E-state index in [0.717, 1.165) is 44.6 Å². The number of carbonyl (C=O) groups excluding carboxylic acids is 1. The summed E-state index contributed by atoms with van der Waals surface area (Å²) in [5.41, 5.74) is 9.09. The molecule has 0 bridgehead atoms. The summed E-state index contributed by atoms with van der Waals surface area (Å²) in [6.45, 7) is 6.64. The highest BCUT2D eigenvalue weighted by molar-refractivity contribution is 5.91. The molecule has 2 aromatic rings. The summed E-state index contributed by atoms with van der Waals surface area (Å²) in [6.07, 6.45) is 3.11. The highest BCUT2D eigenvalue weighted by atomic mass is 16.5. The minimum atomic E-state index is -0.0313. The Morgan fingerprint density at radius 1 is 1.25 bits per heavy atom. The summed E-state index contributed by atoms with van der Waals surface area (Å²) in [7, 11) is 0. The summed E-state index contributed by atoms with van der Waals surface area (Å²) >= 11 is 0. The van der Waals surface area contributed by atoms with E-state index in [2.05, 4.69) is 46.3 Å². The fraction of sp³-hybridized carbons (Fsp3) is 0.545. The molecule has 3 heterocycles. The van der Waals surface area contributed by atoms with Crippen LogP contribution >= 0.6 is 0 Å². The lowest BCUT2D eigenvalue weighted by Gasteiger charge is -2.36. The van der Waals surface area contributed by atoms with Crippen molar-refractivity contribution in [3.05, 3.63) is 53.4 Å². The first kappa shape index (κ1) is 19.2. The third-order valence-corrected chi connectivity index (χ3v) is 6.15. The van der Waals surface area contributed by atoms with Gasteiger partial charge in [-0.1, -0.05) is 49.3 Å².